The second-order valence-corrected chi connectivity index (χ2v) is 4.59. The Balaban J connectivity index is 2.79. The molecule has 1 aromatic rings. The molecule has 2 atom stereocenters. The first-order valence-corrected chi connectivity index (χ1v) is 5.71. The van der Waals surface area contributed by atoms with Gasteiger partial charge in [0.25, 0.3) is 0 Å². The minimum atomic E-state index is -0.757. The fraction of sp³-hybridized carbons (Fsp3) is 0.462. The zero-order chi connectivity index (χ0) is 12.9. The van der Waals surface area contributed by atoms with Crippen molar-refractivity contribution in [1.82, 2.24) is 5.32 Å². The van der Waals surface area contributed by atoms with Crippen molar-refractivity contribution < 1.29 is 9.90 Å². The van der Waals surface area contributed by atoms with Crippen molar-refractivity contribution in [3.05, 3.63) is 35.9 Å². The average molecular weight is 236 g/mol. The van der Waals surface area contributed by atoms with Gasteiger partial charge < -0.3 is 16.2 Å². The summed E-state index contributed by atoms with van der Waals surface area (Å²) in [6.07, 6.45) is 0.252. The van der Waals surface area contributed by atoms with E-state index in [1.807, 2.05) is 30.3 Å². The fourth-order valence-electron chi connectivity index (χ4n) is 1.66. The van der Waals surface area contributed by atoms with Crippen molar-refractivity contribution in [3.63, 3.8) is 0 Å². The van der Waals surface area contributed by atoms with Gasteiger partial charge in [-0.15, -0.1) is 0 Å². The lowest BCUT2D eigenvalue weighted by molar-refractivity contribution is -0.123. The number of benzene rings is 1. The molecule has 4 N–H and O–H groups in total. The van der Waals surface area contributed by atoms with Crippen LogP contribution in [0.15, 0.2) is 30.3 Å². The first kappa shape index (κ1) is 13.7. The van der Waals surface area contributed by atoms with Crippen molar-refractivity contribution in [2.24, 2.45) is 5.73 Å². The lowest BCUT2D eigenvalue weighted by atomic mass is 9.92. The molecule has 2 unspecified atom stereocenters. The van der Waals surface area contributed by atoms with Gasteiger partial charge >= 0.3 is 0 Å². The highest BCUT2D eigenvalue weighted by Gasteiger charge is 2.27. The summed E-state index contributed by atoms with van der Waals surface area (Å²) in [6.45, 7) is 3.42. The third kappa shape index (κ3) is 3.84. The maximum absolute atomic E-state index is 11.7. The standard InChI is InChI=1S/C13H20N2O2/c1-10(14)8-12(17)15-13(2,9-16)11-6-4-3-5-7-11/h3-7,10,16H,8-9,14H2,1-2H3,(H,15,17). The molecule has 0 radical (unpaired) electrons. The SMILES string of the molecule is CC(N)CC(=O)NC(C)(CO)c1ccccc1. The normalized spacial score (nSPS) is 16.0. The second kappa shape index (κ2) is 5.80. The molecule has 0 aromatic heterocycles. The van der Waals surface area contributed by atoms with Crippen LogP contribution in [-0.4, -0.2) is 23.7 Å². The first-order valence-electron chi connectivity index (χ1n) is 5.71. The number of nitrogens with two attached hydrogens (primary N) is 1. The molecule has 0 aliphatic rings. The van der Waals surface area contributed by atoms with Gasteiger partial charge in [-0.3, -0.25) is 4.79 Å². The Morgan fingerprint density at radius 2 is 2.06 bits per heavy atom. The van der Waals surface area contributed by atoms with Crippen LogP contribution in [0.2, 0.25) is 0 Å². The Morgan fingerprint density at radius 1 is 1.47 bits per heavy atom. The van der Waals surface area contributed by atoms with Crippen molar-refractivity contribution in [3.8, 4) is 0 Å². The van der Waals surface area contributed by atoms with Gasteiger partial charge in [0.15, 0.2) is 0 Å². The van der Waals surface area contributed by atoms with Gasteiger partial charge in [0.05, 0.1) is 12.1 Å². The van der Waals surface area contributed by atoms with E-state index in [4.69, 9.17) is 5.73 Å². The molecule has 1 aromatic carbocycles. The second-order valence-electron chi connectivity index (χ2n) is 4.59. The van der Waals surface area contributed by atoms with Crippen LogP contribution in [-0.2, 0) is 10.3 Å². The smallest absolute Gasteiger partial charge is 0.222 e. The summed E-state index contributed by atoms with van der Waals surface area (Å²) in [5.74, 6) is -0.152. The van der Waals surface area contributed by atoms with Crippen LogP contribution < -0.4 is 11.1 Å². The van der Waals surface area contributed by atoms with E-state index in [-0.39, 0.29) is 25.0 Å². The summed E-state index contributed by atoms with van der Waals surface area (Å²) in [5, 5.41) is 12.3. The number of nitrogens with one attached hydrogen (secondary N) is 1. The topological polar surface area (TPSA) is 75.4 Å². The lowest BCUT2D eigenvalue weighted by Gasteiger charge is -2.29. The summed E-state index contributed by atoms with van der Waals surface area (Å²) < 4.78 is 0. The highest BCUT2D eigenvalue weighted by molar-refractivity contribution is 5.77. The summed E-state index contributed by atoms with van der Waals surface area (Å²) in [7, 11) is 0. The Bertz CT molecular complexity index is 365. The number of hydrogen-bond acceptors (Lipinski definition) is 3. The highest BCUT2D eigenvalue weighted by atomic mass is 16.3. The summed E-state index contributed by atoms with van der Waals surface area (Å²) in [6, 6.07) is 9.21. The van der Waals surface area contributed by atoms with Crippen LogP contribution in [0.3, 0.4) is 0 Å². The molecular formula is C13H20N2O2. The maximum atomic E-state index is 11.7. The number of aliphatic hydroxyl groups excluding tert-OH is 1. The monoisotopic (exact) mass is 236 g/mol. The largest absolute Gasteiger partial charge is 0.394 e. The van der Waals surface area contributed by atoms with E-state index in [2.05, 4.69) is 5.32 Å². The van der Waals surface area contributed by atoms with Gasteiger partial charge in [-0.1, -0.05) is 30.3 Å². The van der Waals surface area contributed by atoms with E-state index in [0.29, 0.717) is 0 Å². The zero-order valence-corrected chi connectivity index (χ0v) is 10.3. The molecule has 0 aliphatic carbocycles. The van der Waals surface area contributed by atoms with Gasteiger partial charge in [-0.25, -0.2) is 0 Å². The quantitative estimate of drug-likeness (QED) is 0.706. The lowest BCUT2D eigenvalue weighted by Crippen LogP contribution is -2.47. The van der Waals surface area contributed by atoms with Crippen LogP contribution in [0.5, 0.6) is 0 Å². The van der Waals surface area contributed by atoms with E-state index in [1.54, 1.807) is 13.8 Å². The van der Waals surface area contributed by atoms with Gasteiger partial charge in [0, 0.05) is 12.5 Å². The van der Waals surface area contributed by atoms with Gasteiger partial charge in [0.1, 0.15) is 0 Å². The van der Waals surface area contributed by atoms with Crippen molar-refractivity contribution in [1.29, 1.82) is 0 Å². The molecule has 0 heterocycles. The Kier molecular flexibility index (Phi) is 4.66. The minimum absolute atomic E-state index is 0.151. The molecule has 0 saturated carbocycles. The van der Waals surface area contributed by atoms with E-state index in [0.717, 1.165) is 5.56 Å². The van der Waals surface area contributed by atoms with Crippen LogP contribution >= 0.6 is 0 Å². The van der Waals surface area contributed by atoms with E-state index in [9.17, 15) is 9.90 Å². The molecule has 0 spiro atoms. The minimum Gasteiger partial charge on any atom is -0.394 e. The number of amides is 1. The van der Waals surface area contributed by atoms with Crippen LogP contribution in [0, 0.1) is 0 Å². The predicted molar refractivity (Wildman–Crippen MR) is 67.3 cm³/mol. The molecular weight excluding hydrogens is 216 g/mol. The van der Waals surface area contributed by atoms with Crippen LogP contribution in [0.4, 0.5) is 0 Å². The van der Waals surface area contributed by atoms with E-state index >= 15 is 0 Å². The van der Waals surface area contributed by atoms with Crippen molar-refractivity contribution >= 4 is 5.91 Å². The Hall–Kier alpha value is -1.39. The maximum Gasteiger partial charge on any atom is 0.222 e. The zero-order valence-electron chi connectivity index (χ0n) is 10.3. The Morgan fingerprint density at radius 3 is 2.53 bits per heavy atom. The number of hydrogen-bond donors (Lipinski definition) is 3. The van der Waals surface area contributed by atoms with Crippen molar-refractivity contribution in [2.75, 3.05) is 6.61 Å². The Labute approximate surface area is 102 Å². The molecule has 0 aliphatic heterocycles. The third-order valence-corrected chi connectivity index (χ3v) is 2.65. The molecule has 0 fully saturated rings. The molecule has 1 amide bonds. The van der Waals surface area contributed by atoms with Crippen LogP contribution in [0.1, 0.15) is 25.8 Å². The number of rotatable bonds is 5. The third-order valence-electron chi connectivity index (χ3n) is 2.65. The molecule has 17 heavy (non-hydrogen) atoms. The number of aliphatic hydroxyl groups is 1. The van der Waals surface area contributed by atoms with Gasteiger partial charge in [-0.2, -0.15) is 0 Å². The molecule has 94 valence electrons. The number of carbonyl (C=O) groups is 1. The highest BCUT2D eigenvalue weighted by Crippen LogP contribution is 2.19. The predicted octanol–water partition coefficient (Wildman–Crippen LogP) is 0.748. The fourth-order valence-corrected chi connectivity index (χ4v) is 1.66. The van der Waals surface area contributed by atoms with Crippen LogP contribution in [0.25, 0.3) is 0 Å². The van der Waals surface area contributed by atoms with E-state index < -0.39 is 5.54 Å². The molecule has 0 saturated heterocycles. The summed E-state index contributed by atoms with van der Waals surface area (Å²) >= 11 is 0. The van der Waals surface area contributed by atoms with E-state index in [1.165, 1.54) is 0 Å². The first-order chi connectivity index (χ1) is 7.98. The van der Waals surface area contributed by atoms with Crippen molar-refractivity contribution in [2.45, 2.75) is 31.8 Å². The molecule has 4 nitrogen and oxygen atoms in total. The van der Waals surface area contributed by atoms with Gasteiger partial charge in [-0.05, 0) is 19.4 Å². The molecule has 0 bridgehead atoms. The molecule has 4 heteroatoms. The summed E-state index contributed by atoms with van der Waals surface area (Å²) in [4.78, 5) is 11.7. The molecule has 1 rings (SSSR count). The summed E-state index contributed by atoms with van der Waals surface area (Å²) in [5.41, 5.74) is 5.69. The number of carbonyl (C=O) groups excluding carboxylic acids is 1. The average Bonchev–Trinajstić information content (AvgIpc) is 2.29. The van der Waals surface area contributed by atoms with Gasteiger partial charge in [0.2, 0.25) is 5.91 Å².